The van der Waals surface area contributed by atoms with Crippen LogP contribution >= 0.6 is 0 Å². The summed E-state index contributed by atoms with van der Waals surface area (Å²) in [5, 5.41) is 11.0. The van der Waals surface area contributed by atoms with Gasteiger partial charge in [-0.15, -0.1) is 0 Å². The Labute approximate surface area is 203 Å². The fourth-order valence-corrected chi connectivity index (χ4v) is 3.32. The maximum atomic E-state index is 12.4. The van der Waals surface area contributed by atoms with E-state index in [1.54, 1.807) is 38.5 Å². The van der Waals surface area contributed by atoms with E-state index in [0.29, 0.717) is 29.5 Å². The van der Waals surface area contributed by atoms with Crippen LogP contribution in [-0.2, 0) is 6.61 Å². The van der Waals surface area contributed by atoms with Crippen LogP contribution in [0.5, 0.6) is 17.2 Å². The highest BCUT2D eigenvalue weighted by molar-refractivity contribution is 5.94. The molecule has 8 heteroatoms. The second-order valence-electron chi connectivity index (χ2n) is 7.78. The van der Waals surface area contributed by atoms with Crippen molar-refractivity contribution in [3.8, 4) is 28.5 Å². The van der Waals surface area contributed by atoms with Gasteiger partial charge in [0.25, 0.3) is 5.91 Å². The molecule has 0 bridgehead atoms. The zero-order chi connectivity index (χ0) is 24.6. The molecular weight excluding hydrogens is 444 g/mol. The third-order valence-electron chi connectivity index (χ3n) is 5.29. The quantitative estimate of drug-likeness (QED) is 0.272. The lowest BCUT2D eigenvalue weighted by molar-refractivity contribution is 0.0950. The van der Waals surface area contributed by atoms with Crippen molar-refractivity contribution in [2.24, 2.45) is 5.10 Å². The lowest BCUT2D eigenvalue weighted by Crippen LogP contribution is -2.18. The number of hydrazone groups is 1. The SMILES string of the molecule is COc1ccc(/C=N\NC(=O)c2cc(-c3ccc(OCc4ccc(C)cc4)cc3)n[nH]2)cc1OC. The largest absolute Gasteiger partial charge is 0.493 e. The minimum absolute atomic E-state index is 0.296. The number of nitrogens with zero attached hydrogens (tertiary/aromatic N) is 2. The number of hydrogen-bond donors (Lipinski definition) is 2. The van der Waals surface area contributed by atoms with Crippen molar-refractivity contribution >= 4 is 12.1 Å². The topological polar surface area (TPSA) is 97.8 Å². The van der Waals surface area contributed by atoms with E-state index in [2.05, 4.69) is 51.9 Å². The predicted octanol–water partition coefficient (Wildman–Crippen LogP) is 4.75. The Hall–Kier alpha value is -4.59. The van der Waals surface area contributed by atoms with Crippen molar-refractivity contribution in [1.82, 2.24) is 15.6 Å². The van der Waals surface area contributed by atoms with Crippen molar-refractivity contribution in [3.05, 3.63) is 95.2 Å². The monoisotopic (exact) mass is 470 g/mol. The van der Waals surface area contributed by atoms with E-state index in [-0.39, 0.29) is 0 Å². The second kappa shape index (κ2) is 11.0. The summed E-state index contributed by atoms with van der Waals surface area (Å²) in [4.78, 5) is 12.4. The summed E-state index contributed by atoms with van der Waals surface area (Å²) in [6.07, 6.45) is 1.52. The number of aromatic amines is 1. The maximum Gasteiger partial charge on any atom is 0.289 e. The summed E-state index contributed by atoms with van der Waals surface area (Å²) >= 11 is 0. The van der Waals surface area contributed by atoms with Crippen molar-refractivity contribution in [3.63, 3.8) is 0 Å². The molecule has 4 aromatic rings. The number of hydrogen-bond acceptors (Lipinski definition) is 6. The van der Waals surface area contributed by atoms with E-state index in [1.165, 1.54) is 11.8 Å². The predicted molar refractivity (Wildman–Crippen MR) is 134 cm³/mol. The van der Waals surface area contributed by atoms with Gasteiger partial charge in [0.15, 0.2) is 11.5 Å². The molecule has 2 N–H and O–H groups in total. The standard InChI is InChI=1S/C27H26N4O4/c1-18-4-6-19(7-5-18)17-35-22-11-9-21(10-12-22)23-15-24(30-29-23)27(32)31-28-16-20-8-13-25(33-2)26(14-20)34-3/h4-16H,17H2,1-3H3,(H,29,30)(H,31,32)/b28-16-. The zero-order valence-corrected chi connectivity index (χ0v) is 19.7. The second-order valence-corrected chi connectivity index (χ2v) is 7.78. The molecule has 0 atom stereocenters. The van der Waals surface area contributed by atoms with Crippen LogP contribution in [0.3, 0.4) is 0 Å². The number of amides is 1. The van der Waals surface area contributed by atoms with Gasteiger partial charge in [-0.25, -0.2) is 5.43 Å². The lowest BCUT2D eigenvalue weighted by atomic mass is 10.1. The highest BCUT2D eigenvalue weighted by Gasteiger charge is 2.11. The molecule has 8 nitrogen and oxygen atoms in total. The molecule has 1 aromatic heterocycles. The number of rotatable bonds is 9. The van der Waals surface area contributed by atoms with E-state index < -0.39 is 5.91 Å². The lowest BCUT2D eigenvalue weighted by Gasteiger charge is -2.07. The van der Waals surface area contributed by atoms with E-state index in [1.807, 2.05) is 24.3 Å². The minimum atomic E-state index is -0.404. The van der Waals surface area contributed by atoms with E-state index in [0.717, 1.165) is 22.4 Å². The first kappa shape index (κ1) is 23.6. The zero-order valence-electron chi connectivity index (χ0n) is 19.7. The molecule has 4 rings (SSSR count). The molecule has 0 saturated heterocycles. The van der Waals surface area contributed by atoms with Crippen molar-refractivity contribution < 1.29 is 19.0 Å². The van der Waals surface area contributed by atoms with Gasteiger partial charge in [0.05, 0.1) is 26.1 Å². The Morgan fingerprint density at radius 2 is 1.71 bits per heavy atom. The van der Waals surface area contributed by atoms with Crippen LogP contribution in [0.1, 0.15) is 27.2 Å². The molecule has 0 aliphatic heterocycles. The van der Waals surface area contributed by atoms with Crippen molar-refractivity contribution in [2.45, 2.75) is 13.5 Å². The maximum absolute atomic E-state index is 12.4. The Morgan fingerprint density at radius 1 is 0.971 bits per heavy atom. The molecule has 0 aliphatic rings. The van der Waals surface area contributed by atoms with Crippen LogP contribution in [0.2, 0.25) is 0 Å². The molecule has 1 heterocycles. The summed E-state index contributed by atoms with van der Waals surface area (Å²) < 4.78 is 16.3. The van der Waals surface area contributed by atoms with Crippen LogP contribution in [0, 0.1) is 6.92 Å². The Kier molecular flexibility index (Phi) is 7.42. The number of aromatic nitrogens is 2. The van der Waals surface area contributed by atoms with Crippen LogP contribution in [0.25, 0.3) is 11.3 Å². The summed E-state index contributed by atoms with van der Waals surface area (Å²) in [7, 11) is 3.13. The molecule has 0 radical (unpaired) electrons. The average molecular weight is 471 g/mol. The molecule has 0 spiro atoms. The van der Waals surface area contributed by atoms with Crippen LogP contribution in [0.15, 0.2) is 77.9 Å². The number of ether oxygens (including phenoxy) is 3. The van der Waals surface area contributed by atoms with Gasteiger partial charge in [0.1, 0.15) is 18.1 Å². The molecular formula is C27H26N4O4. The average Bonchev–Trinajstić information content (AvgIpc) is 3.39. The molecule has 0 aliphatic carbocycles. The first-order valence-electron chi connectivity index (χ1n) is 11.0. The van der Waals surface area contributed by atoms with Gasteiger partial charge >= 0.3 is 0 Å². The van der Waals surface area contributed by atoms with E-state index in [4.69, 9.17) is 14.2 Å². The Balaban J connectivity index is 1.33. The molecule has 0 saturated carbocycles. The van der Waals surface area contributed by atoms with E-state index in [9.17, 15) is 4.79 Å². The third kappa shape index (κ3) is 6.05. The smallest absolute Gasteiger partial charge is 0.289 e. The first-order valence-corrected chi connectivity index (χ1v) is 11.0. The highest BCUT2D eigenvalue weighted by Crippen LogP contribution is 2.27. The summed E-state index contributed by atoms with van der Waals surface area (Å²) in [5.74, 6) is 1.54. The van der Waals surface area contributed by atoms with Gasteiger partial charge in [0.2, 0.25) is 0 Å². The molecule has 178 valence electrons. The fraction of sp³-hybridized carbons (Fsp3) is 0.148. The molecule has 35 heavy (non-hydrogen) atoms. The van der Waals surface area contributed by atoms with Crippen molar-refractivity contribution in [1.29, 1.82) is 0 Å². The summed E-state index contributed by atoms with van der Waals surface area (Å²) in [5.41, 5.74) is 7.36. The molecule has 0 fully saturated rings. The third-order valence-corrected chi connectivity index (χ3v) is 5.29. The number of carbonyl (C=O) groups excluding carboxylic acids is 1. The van der Waals surface area contributed by atoms with Crippen LogP contribution < -0.4 is 19.6 Å². The van der Waals surface area contributed by atoms with E-state index >= 15 is 0 Å². The number of methoxy groups -OCH3 is 2. The van der Waals surface area contributed by atoms with Gasteiger partial charge in [-0.05, 0) is 66.6 Å². The fourth-order valence-electron chi connectivity index (χ4n) is 3.32. The normalized spacial score (nSPS) is 10.8. The number of H-pyrrole nitrogens is 1. The van der Waals surface area contributed by atoms with Gasteiger partial charge in [-0.2, -0.15) is 10.2 Å². The van der Waals surface area contributed by atoms with Crippen LogP contribution in [-0.4, -0.2) is 36.5 Å². The molecule has 1 amide bonds. The first-order chi connectivity index (χ1) is 17.1. The Morgan fingerprint density at radius 3 is 2.43 bits per heavy atom. The van der Waals surface area contributed by atoms with Gasteiger partial charge in [-0.1, -0.05) is 29.8 Å². The number of aryl methyl sites for hydroxylation is 1. The Bertz CT molecular complexity index is 1310. The summed E-state index contributed by atoms with van der Waals surface area (Å²) in [6.45, 7) is 2.55. The number of carbonyl (C=O) groups is 1. The van der Waals surface area contributed by atoms with Gasteiger partial charge in [0, 0.05) is 5.56 Å². The summed E-state index contributed by atoms with van der Waals surface area (Å²) in [6, 6.07) is 22.8. The number of nitrogens with one attached hydrogen (secondary N) is 2. The van der Waals surface area contributed by atoms with Gasteiger partial charge < -0.3 is 14.2 Å². The molecule has 0 unspecified atom stereocenters. The number of benzene rings is 3. The van der Waals surface area contributed by atoms with Gasteiger partial charge in [-0.3, -0.25) is 9.89 Å². The molecule has 3 aromatic carbocycles. The minimum Gasteiger partial charge on any atom is -0.493 e. The highest BCUT2D eigenvalue weighted by atomic mass is 16.5. The van der Waals surface area contributed by atoms with Crippen molar-refractivity contribution in [2.75, 3.05) is 14.2 Å². The van der Waals surface area contributed by atoms with Crippen LogP contribution in [0.4, 0.5) is 0 Å².